The molecular formula is C16H27NO2. The summed E-state index contributed by atoms with van der Waals surface area (Å²) in [6.07, 6.45) is 1.49. The van der Waals surface area contributed by atoms with E-state index in [1.54, 1.807) is 7.11 Å². The predicted octanol–water partition coefficient (Wildman–Crippen LogP) is 2.72. The number of methoxy groups -OCH3 is 1. The van der Waals surface area contributed by atoms with Gasteiger partial charge in [0.15, 0.2) is 0 Å². The second-order valence-electron chi connectivity index (χ2n) is 5.46. The molecule has 0 radical (unpaired) electrons. The highest BCUT2D eigenvalue weighted by Crippen LogP contribution is 2.21. The van der Waals surface area contributed by atoms with Crippen LogP contribution in [0, 0.1) is 0 Å². The average molecular weight is 265 g/mol. The third-order valence-corrected chi connectivity index (χ3v) is 3.78. The number of ether oxygens (including phenoxy) is 1. The van der Waals surface area contributed by atoms with Crippen LogP contribution in [0.3, 0.4) is 0 Å². The van der Waals surface area contributed by atoms with E-state index in [1.807, 2.05) is 25.1 Å². The fraction of sp³-hybridized carbons (Fsp3) is 0.625. The number of rotatable bonds is 7. The highest BCUT2D eigenvalue weighted by atomic mass is 16.5. The Bertz CT molecular complexity index is 379. The first-order valence-electron chi connectivity index (χ1n) is 6.97. The minimum atomic E-state index is -0.254. The van der Waals surface area contributed by atoms with Crippen LogP contribution < -0.4 is 4.74 Å². The van der Waals surface area contributed by atoms with Gasteiger partial charge in [0.2, 0.25) is 0 Å². The molecule has 0 aliphatic carbocycles. The van der Waals surface area contributed by atoms with Crippen LogP contribution in [0.5, 0.6) is 5.75 Å². The Hall–Kier alpha value is -1.06. The fourth-order valence-electron chi connectivity index (χ4n) is 2.43. The summed E-state index contributed by atoms with van der Waals surface area (Å²) in [6, 6.07) is 8.93. The lowest BCUT2D eigenvalue weighted by Gasteiger charge is -2.32. The fourth-order valence-corrected chi connectivity index (χ4v) is 2.43. The minimum absolute atomic E-state index is 0.254. The predicted molar refractivity (Wildman–Crippen MR) is 79.7 cm³/mol. The van der Waals surface area contributed by atoms with Crippen LogP contribution in [-0.2, 0) is 6.42 Å². The van der Waals surface area contributed by atoms with Crippen molar-refractivity contribution in [2.75, 3.05) is 14.2 Å². The molecule has 1 N–H and O–H groups in total. The van der Waals surface area contributed by atoms with Crippen molar-refractivity contribution in [2.45, 2.75) is 51.8 Å². The number of hydrogen-bond acceptors (Lipinski definition) is 3. The molecule has 3 unspecified atom stereocenters. The standard InChI is InChI=1S/C16H27NO2/c1-12(10-14(3)18)17(4)13(2)11-15-8-6-7-9-16(15)19-5/h6-9,12-14,18H,10-11H2,1-5H3. The average Bonchev–Trinajstić information content (AvgIpc) is 2.37. The van der Waals surface area contributed by atoms with Crippen molar-refractivity contribution in [1.29, 1.82) is 0 Å². The van der Waals surface area contributed by atoms with Gasteiger partial charge in [0, 0.05) is 12.1 Å². The smallest absolute Gasteiger partial charge is 0.122 e. The lowest BCUT2D eigenvalue weighted by Crippen LogP contribution is -2.39. The van der Waals surface area contributed by atoms with Crippen molar-refractivity contribution in [3.8, 4) is 5.75 Å². The molecule has 0 amide bonds. The molecule has 3 heteroatoms. The zero-order valence-electron chi connectivity index (χ0n) is 12.8. The largest absolute Gasteiger partial charge is 0.496 e. The summed E-state index contributed by atoms with van der Waals surface area (Å²) in [5.74, 6) is 0.950. The highest BCUT2D eigenvalue weighted by molar-refractivity contribution is 5.33. The Balaban J connectivity index is 2.65. The van der Waals surface area contributed by atoms with E-state index in [0.717, 1.165) is 18.6 Å². The Kier molecular flexibility index (Phi) is 6.32. The van der Waals surface area contributed by atoms with Gasteiger partial charge in [-0.15, -0.1) is 0 Å². The first-order valence-corrected chi connectivity index (χ1v) is 6.97. The van der Waals surface area contributed by atoms with E-state index in [0.29, 0.717) is 12.1 Å². The van der Waals surface area contributed by atoms with Crippen LogP contribution in [-0.4, -0.2) is 42.4 Å². The van der Waals surface area contributed by atoms with Gasteiger partial charge in [-0.1, -0.05) is 18.2 Å². The lowest BCUT2D eigenvalue weighted by molar-refractivity contribution is 0.114. The SMILES string of the molecule is COc1ccccc1CC(C)N(C)C(C)CC(C)O. The molecule has 3 atom stereocenters. The summed E-state index contributed by atoms with van der Waals surface area (Å²) in [5, 5.41) is 9.48. The Labute approximate surface area is 117 Å². The quantitative estimate of drug-likeness (QED) is 0.823. The van der Waals surface area contributed by atoms with E-state index in [4.69, 9.17) is 4.74 Å². The topological polar surface area (TPSA) is 32.7 Å². The molecule has 3 nitrogen and oxygen atoms in total. The van der Waals surface area contributed by atoms with E-state index >= 15 is 0 Å². The van der Waals surface area contributed by atoms with Crippen molar-refractivity contribution in [1.82, 2.24) is 4.90 Å². The minimum Gasteiger partial charge on any atom is -0.496 e. The summed E-state index contributed by atoms with van der Waals surface area (Å²) >= 11 is 0. The third-order valence-electron chi connectivity index (χ3n) is 3.78. The molecular weight excluding hydrogens is 238 g/mol. The van der Waals surface area contributed by atoms with Crippen LogP contribution in [0.15, 0.2) is 24.3 Å². The van der Waals surface area contributed by atoms with Crippen LogP contribution in [0.1, 0.15) is 32.8 Å². The van der Waals surface area contributed by atoms with E-state index in [1.165, 1.54) is 5.56 Å². The van der Waals surface area contributed by atoms with Crippen molar-refractivity contribution in [3.63, 3.8) is 0 Å². The molecule has 108 valence electrons. The lowest BCUT2D eigenvalue weighted by atomic mass is 10.0. The molecule has 1 aromatic rings. The number of likely N-dealkylation sites (N-methyl/N-ethyl adjacent to an activating group) is 1. The molecule has 1 aromatic carbocycles. The van der Waals surface area contributed by atoms with Gasteiger partial charge in [-0.3, -0.25) is 0 Å². The van der Waals surface area contributed by atoms with Gasteiger partial charge >= 0.3 is 0 Å². The van der Waals surface area contributed by atoms with Crippen molar-refractivity contribution in [2.24, 2.45) is 0 Å². The molecule has 0 saturated carbocycles. The molecule has 0 saturated heterocycles. The van der Waals surface area contributed by atoms with Crippen molar-refractivity contribution < 1.29 is 9.84 Å². The van der Waals surface area contributed by atoms with Crippen LogP contribution in [0.4, 0.5) is 0 Å². The second kappa shape index (κ2) is 7.51. The molecule has 0 aliphatic heterocycles. The molecule has 0 heterocycles. The van der Waals surface area contributed by atoms with Gasteiger partial charge in [0.1, 0.15) is 5.75 Å². The monoisotopic (exact) mass is 265 g/mol. The van der Waals surface area contributed by atoms with E-state index in [-0.39, 0.29) is 6.10 Å². The first kappa shape index (κ1) is 16.0. The summed E-state index contributed by atoms with van der Waals surface area (Å²) in [6.45, 7) is 6.21. The number of nitrogens with zero attached hydrogens (tertiary/aromatic N) is 1. The summed E-state index contributed by atoms with van der Waals surface area (Å²) < 4.78 is 5.39. The summed E-state index contributed by atoms with van der Waals surface area (Å²) in [7, 11) is 3.83. The van der Waals surface area contributed by atoms with E-state index in [2.05, 4.69) is 31.9 Å². The Morgan fingerprint density at radius 2 is 1.79 bits per heavy atom. The zero-order valence-corrected chi connectivity index (χ0v) is 12.8. The van der Waals surface area contributed by atoms with Gasteiger partial charge in [-0.25, -0.2) is 0 Å². The summed E-state index contributed by atoms with van der Waals surface area (Å²) in [5.41, 5.74) is 1.23. The molecule has 0 aliphatic rings. The van der Waals surface area contributed by atoms with Crippen LogP contribution in [0.25, 0.3) is 0 Å². The molecule has 0 bridgehead atoms. The van der Waals surface area contributed by atoms with Gasteiger partial charge in [0.05, 0.1) is 13.2 Å². The third kappa shape index (κ3) is 4.84. The molecule has 0 aromatic heterocycles. The molecule has 19 heavy (non-hydrogen) atoms. The van der Waals surface area contributed by atoms with Gasteiger partial charge < -0.3 is 14.7 Å². The second-order valence-corrected chi connectivity index (χ2v) is 5.46. The maximum Gasteiger partial charge on any atom is 0.122 e. The van der Waals surface area contributed by atoms with E-state index < -0.39 is 0 Å². The van der Waals surface area contributed by atoms with Crippen molar-refractivity contribution >= 4 is 0 Å². The summed E-state index contributed by atoms with van der Waals surface area (Å²) in [4.78, 5) is 2.32. The molecule has 0 fully saturated rings. The Morgan fingerprint density at radius 1 is 1.16 bits per heavy atom. The number of benzene rings is 1. The number of para-hydroxylation sites is 1. The van der Waals surface area contributed by atoms with E-state index in [9.17, 15) is 5.11 Å². The first-order chi connectivity index (χ1) is 8.95. The number of aliphatic hydroxyl groups is 1. The number of hydrogen-bond donors (Lipinski definition) is 1. The molecule has 0 spiro atoms. The van der Waals surface area contributed by atoms with Gasteiger partial charge in [-0.2, -0.15) is 0 Å². The zero-order chi connectivity index (χ0) is 14.4. The number of aliphatic hydroxyl groups excluding tert-OH is 1. The van der Waals surface area contributed by atoms with Crippen molar-refractivity contribution in [3.05, 3.63) is 29.8 Å². The maximum atomic E-state index is 9.48. The normalized spacial score (nSPS) is 16.2. The van der Waals surface area contributed by atoms with Crippen LogP contribution >= 0.6 is 0 Å². The molecule has 1 rings (SSSR count). The Morgan fingerprint density at radius 3 is 2.37 bits per heavy atom. The van der Waals surface area contributed by atoms with Crippen LogP contribution in [0.2, 0.25) is 0 Å². The highest BCUT2D eigenvalue weighted by Gasteiger charge is 2.18. The maximum absolute atomic E-state index is 9.48. The van der Waals surface area contributed by atoms with Gasteiger partial charge in [-0.05, 0) is 52.3 Å². The van der Waals surface area contributed by atoms with Gasteiger partial charge in [0.25, 0.3) is 0 Å².